The van der Waals surface area contributed by atoms with Gasteiger partial charge >= 0.3 is 0 Å². The summed E-state index contributed by atoms with van der Waals surface area (Å²) in [4.78, 5) is 12.7. The zero-order valence-corrected chi connectivity index (χ0v) is 27.2. The lowest BCUT2D eigenvalue weighted by Crippen LogP contribution is -2.58. The number of nitrogens with two attached hydrogens (primary N) is 1. The first-order chi connectivity index (χ1) is 20.3. The fourth-order valence-electron chi connectivity index (χ4n) is 10.2. The van der Waals surface area contributed by atoms with Crippen molar-refractivity contribution in [2.45, 2.75) is 115 Å². The monoisotopic (exact) mass is 618 g/mol. The minimum Gasteiger partial charge on any atom is -0.494 e. The molecule has 1 aromatic carbocycles. The molecule has 0 bridgehead atoms. The number of rotatable bonds is 11. The van der Waals surface area contributed by atoms with E-state index in [1.165, 1.54) is 37.8 Å². The third kappa shape index (κ3) is 6.80. The van der Waals surface area contributed by atoms with Crippen molar-refractivity contribution in [2.75, 3.05) is 13.2 Å². The molecule has 8 nitrogen and oxygen atoms in total. The molecule has 1 amide bonds. The maximum absolute atomic E-state index is 12.7. The molecule has 242 valence electrons. The molecular weight excluding hydrogens is 564 g/mol. The molecule has 0 aromatic heterocycles. The van der Waals surface area contributed by atoms with Crippen molar-refractivity contribution in [1.82, 2.24) is 5.32 Å². The highest BCUT2D eigenvalue weighted by molar-refractivity contribution is 7.89. The Hall–Kier alpha value is -1.68. The second-order valence-corrected chi connectivity index (χ2v) is 16.5. The van der Waals surface area contributed by atoms with E-state index in [2.05, 4.69) is 26.1 Å². The van der Waals surface area contributed by atoms with E-state index in [1.54, 1.807) is 12.1 Å². The summed E-state index contributed by atoms with van der Waals surface area (Å²) in [5.41, 5.74) is 0.480. The molecule has 1 unspecified atom stereocenters. The van der Waals surface area contributed by atoms with Gasteiger partial charge in [-0.25, -0.2) is 13.6 Å². The van der Waals surface area contributed by atoms with Crippen LogP contribution in [0.1, 0.15) is 97.8 Å². The van der Waals surface area contributed by atoms with Crippen LogP contribution in [0.2, 0.25) is 0 Å². The molecule has 43 heavy (non-hydrogen) atoms. The van der Waals surface area contributed by atoms with Crippen LogP contribution < -0.4 is 15.2 Å². The van der Waals surface area contributed by atoms with E-state index in [1.807, 2.05) is 0 Å². The van der Waals surface area contributed by atoms with Crippen molar-refractivity contribution in [3.63, 3.8) is 0 Å². The number of aliphatic hydroxyl groups excluding tert-OH is 2. The number of unbranched alkanes of at least 4 members (excludes halogenated alkanes) is 1. The maximum atomic E-state index is 12.7. The van der Waals surface area contributed by atoms with Crippen molar-refractivity contribution < 1.29 is 28.2 Å². The van der Waals surface area contributed by atoms with E-state index < -0.39 is 10.0 Å². The number of sulfonamides is 1. The largest absolute Gasteiger partial charge is 0.494 e. The topological polar surface area (TPSA) is 139 Å². The number of amides is 1. The van der Waals surface area contributed by atoms with Crippen molar-refractivity contribution in [3.05, 3.63) is 24.3 Å². The zero-order valence-electron chi connectivity index (χ0n) is 26.3. The molecule has 4 aliphatic carbocycles. The summed E-state index contributed by atoms with van der Waals surface area (Å²) in [7, 11) is -3.71. The number of ether oxygens (including phenoxy) is 1. The highest BCUT2D eigenvalue weighted by Crippen LogP contribution is 2.68. The molecule has 10 atom stereocenters. The van der Waals surface area contributed by atoms with Gasteiger partial charge in [0.05, 0.1) is 23.7 Å². The lowest BCUT2D eigenvalue weighted by molar-refractivity contribution is -0.174. The molecule has 0 aliphatic heterocycles. The molecule has 5 N–H and O–H groups in total. The number of hydrogen-bond acceptors (Lipinski definition) is 6. The van der Waals surface area contributed by atoms with Gasteiger partial charge in [0, 0.05) is 13.0 Å². The third-order valence-electron chi connectivity index (χ3n) is 12.6. The highest BCUT2D eigenvalue weighted by atomic mass is 32.2. The number of primary sulfonamides is 1. The Morgan fingerprint density at radius 1 is 1.02 bits per heavy atom. The van der Waals surface area contributed by atoms with Crippen LogP contribution in [0.4, 0.5) is 0 Å². The summed E-state index contributed by atoms with van der Waals surface area (Å²) in [6, 6.07) is 6.05. The van der Waals surface area contributed by atoms with Crippen molar-refractivity contribution in [3.8, 4) is 5.75 Å². The second kappa shape index (κ2) is 13.0. The quantitative estimate of drug-likeness (QED) is 0.257. The number of hydrogen-bond donors (Lipinski definition) is 4. The summed E-state index contributed by atoms with van der Waals surface area (Å²) in [6.45, 7) is 8.39. The zero-order chi connectivity index (χ0) is 31.0. The van der Waals surface area contributed by atoms with E-state index in [0.29, 0.717) is 60.8 Å². The van der Waals surface area contributed by atoms with E-state index in [9.17, 15) is 23.4 Å². The van der Waals surface area contributed by atoms with Crippen LogP contribution in [-0.2, 0) is 14.8 Å². The van der Waals surface area contributed by atoms with Crippen LogP contribution in [0.3, 0.4) is 0 Å². The number of benzene rings is 1. The van der Waals surface area contributed by atoms with Gasteiger partial charge in [-0.05, 0) is 141 Å². The molecule has 5 rings (SSSR count). The molecule has 4 aliphatic rings. The molecule has 0 heterocycles. The number of carbonyl (C=O) groups is 1. The molecule has 0 radical (unpaired) electrons. The average Bonchev–Trinajstić information content (AvgIpc) is 3.31. The maximum Gasteiger partial charge on any atom is 0.238 e. The molecule has 1 aromatic rings. The predicted octanol–water partition coefficient (Wildman–Crippen LogP) is 5.02. The Labute approximate surface area is 258 Å². The van der Waals surface area contributed by atoms with Crippen LogP contribution in [0, 0.1) is 46.3 Å². The van der Waals surface area contributed by atoms with Gasteiger partial charge in [-0.15, -0.1) is 0 Å². The van der Waals surface area contributed by atoms with E-state index in [-0.39, 0.29) is 33.8 Å². The lowest BCUT2D eigenvalue weighted by Gasteiger charge is -2.62. The Morgan fingerprint density at radius 2 is 1.72 bits per heavy atom. The summed E-state index contributed by atoms with van der Waals surface area (Å²) in [5, 5.41) is 30.0. The van der Waals surface area contributed by atoms with Crippen molar-refractivity contribution in [2.24, 2.45) is 51.5 Å². The number of aliphatic hydroxyl groups is 2. The smallest absolute Gasteiger partial charge is 0.238 e. The minimum absolute atomic E-state index is 0.0584. The summed E-state index contributed by atoms with van der Waals surface area (Å²) in [6.07, 6.45) is 11.1. The Morgan fingerprint density at radius 3 is 2.44 bits per heavy atom. The summed E-state index contributed by atoms with van der Waals surface area (Å²) < 4.78 is 28.4. The van der Waals surface area contributed by atoms with Gasteiger partial charge in [-0.1, -0.05) is 20.8 Å². The van der Waals surface area contributed by atoms with Gasteiger partial charge in [0.15, 0.2) is 0 Å². The van der Waals surface area contributed by atoms with Crippen molar-refractivity contribution >= 4 is 15.9 Å². The number of carbonyl (C=O) groups excluding carboxylic acids is 1. The molecule has 4 saturated carbocycles. The van der Waals surface area contributed by atoms with Gasteiger partial charge in [0.2, 0.25) is 15.9 Å². The number of nitrogens with one attached hydrogen (secondary N) is 1. The van der Waals surface area contributed by atoms with Gasteiger partial charge in [0.1, 0.15) is 5.75 Å². The fraction of sp³-hybridized carbons (Fsp3) is 0.794. The normalized spacial score (nSPS) is 38.0. The second-order valence-electron chi connectivity index (χ2n) is 14.9. The average molecular weight is 619 g/mol. The van der Waals surface area contributed by atoms with Crippen LogP contribution in [0.25, 0.3) is 0 Å². The number of fused-ring (bicyclic) bond motifs is 5. The van der Waals surface area contributed by atoms with Crippen LogP contribution in [-0.4, -0.2) is 49.9 Å². The molecule has 0 spiro atoms. The first-order valence-electron chi connectivity index (χ1n) is 16.7. The fourth-order valence-corrected chi connectivity index (χ4v) is 10.7. The van der Waals surface area contributed by atoms with Crippen LogP contribution >= 0.6 is 0 Å². The van der Waals surface area contributed by atoms with Gasteiger partial charge in [0.25, 0.3) is 0 Å². The Bertz CT molecular complexity index is 1220. The van der Waals surface area contributed by atoms with Gasteiger partial charge < -0.3 is 20.3 Å². The van der Waals surface area contributed by atoms with E-state index >= 15 is 0 Å². The molecular formula is C34H54N2O6S. The predicted molar refractivity (Wildman–Crippen MR) is 167 cm³/mol. The van der Waals surface area contributed by atoms with Gasteiger partial charge in [-0.2, -0.15) is 0 Å². The van der Waals surface area contributed by atoms with Crippen molar-refractivity contribution in [1.29, 1.82) is 0 Å². The summed E-state index contributed by atoms with van der Waals surface area (Å²) in [5.74, 6) is 3.70. The third-order valence-corrected chi connectivity index (χ3v) is 13.5. The van der Waals surface area contributed by atoms with Crippen LogP contribution in [0.15, 0.2) is 29.2 Å². The van der Waals surface area contributed by atoms with Crippen LogP contribution in [0.5, 0.6) is 5.75 Å². The summed E-state index contributed by atoms with van der Waals surface area (Å²) >= 11 is 0. The van der Waals surface area contributed by atoms with E-state index in [4.69, 9.17) is 9.88 Å². The first-order valence-corrected chi connectivity index (χ1v) is 18.3. The van der Waals surface area contributed by atoms with E-state index in [0.717, 1.165) is 44.9 Å². The minimum atomic E-state index is -3.71. The first kappa shape index (κ1) is 32.7. The Kier molecular flexibility index (Phi) is 9.87. The molecule has 0 saturated heterocycles. The molecule has 9 heteroatoms. The SMILES string of the molecule is C[C@H](CCC(=O)NCCCCOc1ccc(S(N)(=O)=O)cc1)[C@H]1CC[C@H]2C3[C@@H](O)C[C@@H]4C[C@H](O)CC[C@]4(C)[C@H]3CC[C@]12C. The molecule has 4 fully saturated rings. The standard InChI is InChI=1S/C34H54N2O6S/c1-22(6-13-31(39)36-18-4-5-19-42-25-7-9-26(10-8-25)43(35,40)41)27-11-12-28-32-29(15-17-34(27,28)3)33(2)16-14-24(37)20-23(33)21-30(32)38/h7-10,22-24,27-30,32,37-38H,4-6,11-21H2,1-3H3,(H,36,39)(H2,35,40,41)/t22-,23+,24-,27-,28+,29+,30+,32?,33+,34-/m1/s1. The lowest BCUT2D eigenvalue weighted by atomic mass is 9.43. The van der Waals surface area contributed by atoms with Gasteiger partial charge in [-0.3, -0.25) is 4.79 Å². The Balaban J connectivity index is 1.04. The highest BCUT2D eigenvalue weighted by Gasteiger charge is 2.62.